The molecule has 0 amide bonds. The van der Waals surface area contributed by atoms with Crippen molar-refractivity contribution in [2.24, 2.45) is 0 Å². The first-order valence-corrected chi connectivity index (χ1v) is 8.73. The molecule has 7 heteroatoms. The maximum absolute atomic E-state index is 12.0. The average molecular weight is 348 g/mol. The van der Waals surface area contributed by atoms with Crippen LogP contribution in [-0.2, 0) is 16.6 Å². The van der Waals surface area contributed by atoms with Crippen LogP contribution in [0.4, 0.5) is 0 Å². The van der Waals surface area contributed by atoms with Gasteiger partial charge in [-0.15, -0.1) is 12.4 Å². The van der Waals surface area contributed by atoms with Gasteiger partial charge < -0.3 is 5.32 Å². The van der Waals surface area contributed by atoms with Crippen molar-refractivity contribution in [1.82, 2.24) is 14.5 Å². The summed E-state index contributed by atoms with van der Waals surface area (Å²) in [7, 11) is -0.238. The molecule has 5 nitrogen and oxygen atoms in total. The zero-order valence-corrected chi connectivity index (χ0v) is 15.2. The van der Waals surface area contributed by atoms with E-state index in [1.807, 2.05) is 12.1 Å². The zero-order chi connectivity index (χ0) is 15.6. The smallest absolute Gasteiger partial charge is 0.242 e. The van der Waals surface area contributed by atoms with Crippen LogP contribution < -0.4 is 5.32 Å². The second-order valence-electron chi connectivity index (χ2n) is 6.09. The van der Waals surface area contributed by atoms with E-state index in [-0.39, 0.29) is 12.4 Å². The van der Waals surface area contributed by atoms with Crippen LogP contribution in [-0.4, -0.2) is 56.9 Å². The largest absolute Gasteiger partial charge is 0.309 e. The average Bonchev–Trinajstić information content (AvgIpc) is 2.37. The van der Waals surface area contributed by atoms with Crippen molar-refractivity contribution in [1.29, 1.82) is 0 Å². The molecule has 0 spiro atoms. The van der Waals surface area contributed by atoms with Crippen molar-refractivity contribution in [3.8, 4) is 0 Å². The Bertz CT molecular complexity index is 565. The highest BCUT2D eigenvalue weighted by atomic mass is 35.5. The van der Waals surface area contributed by atoms with Crippen LogP contribution in [0.5, 0.6) is 0 Å². The number of rotatable bonds is 4. The monoisotopic (exact) mass is 347 g/mol. The zero-order valence-electron chi connectivity index (χ0n) is 13.6. The van der Waals surface area contributed by atoms with E-state index in [9.17, 15) is 8.42 Å². The van der Waals surface area contributed by atoms with Gasteiger partial charge in [0.15, 0.2) is 0 Å². The van der Waals surface area contributed by atoms with E-state index >= 15 is 0 Å². The molecule has 0 saturated carbocycles. The molecule has 1 saturated heterocycles. The highest BCUT2D eigenvalue weighted by Crippen LogP contribution is 2.16. The minimum atomic E-state index is -3.33. The van der Waals surface area contributed by atoms with Crippen LogP contribution in [0.1, 0.15) is 19.4 Å². The lowest BCUT2D eigenvalue weighted by atomic mass is 10.1. The third kappa shape index (κ3) is 4.67. The standard InChI is InChI=1S/C15H25N3O2S.ClH/c1-12-9-18(10-13(2)16-12)11-14-5-7-15(8-6-14)21(19,20)17(3)4;/h5-8,12-13,16H,9-11H2,1-4H3;1H. The second-order valence-corrected chi connectivity index (χ2v) is 8.25. The summed E-state index contributed by atoms with van der Waals surface area (Å²) < 4.78 is 25.3. The molecule has 1 fully saturated rings. The number of piperazine rings is 1. The summed E-state index contributed by atoms with van der Waals surface area (Å²) in [4.78, 5) is 2.75. The molecule has 0 aliphatic carbocycles. The molecule has 2 rings (SSSR count). The number of sulfonamides is 1. The molecule has 1 heterocycles. The highest BCUT2D eigenvalue weighted by Gasteiger charge is 2.21. The van der Waals surface area contributed by atoms with Crippen LogP contribution in [0.2, 0.25) is 0 Å². The Morgan fingerprint density at radius 2 is 1.64 bits per heavy atom. The summed E-state index contributed by atoms with van der Waals surface area (Å²) in [5.74, 6) is 0. The summed E-state index contributed by atoms with van der Waals surface area (Å²) in [6.45, 7) is 7.27. The molecule has 0 aromatic heterocycles. The van der Waals surface area contributed by atoms with Crippen LogP contribution in [0.3, 0.4) is 0 Å². The van der Waals surface area contributed by atoms with Gasteiger partial charge in [-0.25, -0.2) is 12.7 Å². The van der Waals surface area contributed by atoms with E-state index in [0.717, 1.165) is 25.2 Å². The quantitative estimate of drug-likeness (QED) is 0.897. The molecule has 2 unspecified atom stereocenters. The van der Waals surface area contributed by atoms with Crippen molar-refractivity contribution in [3.63, 3.8) is 0 Å². The van der Waals surface area contributed by atoms with Crippen molar-refractivity contribution >= 4 is 22.4 Å². The number of halogens is 1. The first-order chi connectivity index (χ1) is 9.79. The molecule has 1 aromatic rings. The van der Waals surface area contributed by atoms with Gasteiger partial charge in [-0.3, -0.25) is 4.90 Å². The van der Waals surface area contributed by atoms with Crippen molar-refractivity contribution in [3.05, 3.63) is 29.8 Å². The Labute approximate surface area is 140 Å². The molecule has 2 atom stereocenters. The Balaban J connectivity index is 0.00000242. The fraction of sp³-hybridized carbons (Fsp3) is 0.600. The predicted octanol–water partition coefficient (Wildman–Crippen LogP) is 1.54. The van der Waals surface area contributed by atoms with Gasteiger partial charge in [-0.05, 0) is 31.5 Å². The van der Waals surface area contributed by atoms with Gasteiger partial charge in [0.05, 0.1) is 4.90 Å². The molecular weight excluding hydrogens is 322 g/mol. The Morgan fingerprint density at radius 3 is 2.09 bits per heavy atom. The van der Waals surface area contributed by atoms with Gasteiger partial charge in [0.1, 0.15) is 0 Å². The second kappa shape index (κ2) is 7.75. The van der Waals surface area contributed by atoms with E-state index in [2.05, 4.69) is 24.1 Å². The maximum atomic E-state index is 12.0. The van der Waals surface area contributed by atoms with E-state index in [1.165, 1.54) is 4.31 Å². The third-order valence-electron chi connectivity index (χ3n) is 3.74. The number of benzene rings is 1. The van der Waals surface area contributed by atoms with Gasteiger partial charge in [0.2, 0.25) is 10.0 Å². The molecule has 0 radical (unpaired) electrons. The number of nitrogens with zero attached hydrogens (tertiary/aromatic N) is 2. The lowest BCUT2D eigenvalue weighted by Gasteiger charge is -2.36. The van der Waals surface area contributed by atoms with Crippen LogP contribution in [0.15, 0.2) is 29.2 Å². The van der Waals surface area contributed by atoms with Crippen LogP contribution in [0, 0.1) is 0 Å². The summed E-state index contributed by atoms with van der Waals surface area (Å²) in [6.07, 6.45) is 0. The van der Waals surface area contributed by atoms with Gasteiger partial charge >= 0.3 is 0 Å². The Hall–Kier alpha value is -0.660. The fourth-order valence-electron chi connectivity index (χ4n) is 2.81. The normalized spacial score (nSPS) is 23.3. The molecule has 1 aliphatic rings. The van der Waals surface area contributed by atoms with Crippen molar-refractivity contribution in [2.45, 2.75) is 37.4 Å². The molecule has 0 bridgehead atoms. The van der Waals surface area contributed by atoms with E-state index < -0.39 is 10.0 Å². The van der Waals surface area contributed by atoms with Gasteiger partial charge in [-0.2, -0.15) is 0 Å². The van der Waals surface area contributed by atoms with Crippen LogP contribution in [0.25, 0.3) is 0 Å². The van der Waals surface area contributed by atoms with E-state index in [4.69, 9.17) is 0 Å². The van der Waals surface area contributed by atoms with Gasteiger partial charge in [-0.1, -0.05) is 12.1 Å². The van der Waals surface area contributed by atoms with Crippen molar-refractivity contribution < 1.29 is 8.42 Å². The fourth-order valence-corrected chi connectivity index (χ4v) is 3.71. The highest BCUT2D eigenvalue weighted by molar-refractivity contribution is 7.89. The van der Waals surface area contributed by atoms with E-state index in [0.29, 0.717) is 17.0 Å². The number of nitrogens with one attached hydrogen (secondary N) is 1. The molecule has 1 aromatic carbocycles. The number of hydrogen-bond acceptors (Lipinski definition) is 4. The Morgan fingerprint density at radius 1 is 1.14 bits per heavy atom. The van der Waals surface area contributed by atoms with E-state index in [1.54, 1.807) is 26.2 Å². The molecular formula is C15H26ClN3O2S. The minimum absolute atomic E-state index is 0. The SMILES string of the molecule is CC1CN(Cc2ccc(S(=O)(=O)N(C)C)cc2)CC(C)N1.Cl. The first kappa shape index (κ1) is 19.4. The lowest BCUT2D eigenvalue weighted by Crippen LogP contribution is -2.53. The molecule has 22 heavy (non-hydrogen) atoms. The summed E-state index contributed by atoms with van der Waals surface area (Å²) in [5, 5.41) is 3.51. The third-order valence-corrected chi connectivity index (χ3v) is 5.57. The summed E-state index contributed by atoms with van der Waals surface area (Å²) in [5.41, 5.74) is 1.15. The summed E-state index contributed by atoms with van der Waals surface area (Å²) in [6, 6.07) is 8.19. The minimum Gasteiger partial charge on any atom is -0.309 e. The predicted molar refractivity (Wildman–Crippen MR) is 91.9 cm³/mol. The van der Waals surface area contributed by atoms with Gasteiger partial charge in [0, 0.05) is 45.8 Å². The van der Waals surface area contributed by atoms with Crippen LogP contribution >= 0.6 is 12.4 Å². The number of hydrogen-bond donors (Lipinski definition) is 1. The topological polar surface area (TPSA) is 52.7 Å². The molecule has 1 aliphatic heterocycles. The molecule has 1 N–H and O–H groups in total. The maximum Gasteiger partial charge on any atom is 0.242 e. The summed E-state index contributed by atoms with van der Waals surface area (Å²) >= 11 is 0. The molecule has 126 valence electrons. The van der Waals surface area contributed by atoms with Gasteiger partial charge in [0.25, 0.3) is 0 Å². The Kier molecular flexibility index (Phi) is 6.83. The van der Waals surface area contributed by atoms with Crippen molar-refractivity contribution in [2.75, 3.05) is 27.2 Å². The first-order valence-electron chi connectivity index (χ1n) is 7.29. The lowest BCUT2D eigenvalue weighted by molar-refractivity contribution is 0.166.